The molecule has 2 aromatic rings. The number of carbonyl (C=O) groups excluding carboxylic acids is 3. The Morgan fingerprint density at radius 3 is 2.45 bits per heavy atom. The first-order valence-electron chi connectivity index (χ1n) is 9.18. The minimum Gasteiger partial charge on any atom is -0.377 e. The third-order valence-corrected chi connectivity index (χ3v) is 5.81. The molecule has 1 aliphatic heterocycles. The Kier molecular flexibility index (Phi) is 6.82. The lowest BCUT2D eigenvalue weighted by atomic mass is 10.0. The third kappa shape index (κ3) is 5.52. The number of hydrogen-bond donors (Lipinski definition) is 2. The highest BCUT2D eigenvalue weighted by molar-refractivity contribution is 8.15. The molecule has 1 heterocycles. The second-order valence-electron chi connectivity index (χ2n) is 6.97. The SMILES string of the molecule is CN(C)c1ccc(Cl)cc1C(=O)NCCc1ccc(C[C@@H]2SC(=O)NC2=O)cc1. The lowest BCUT2D eigenvalue weighted by Gasteiger charge is -2.17. The Labute approximate surface area is 179 Å². The zero-order valence-electron chi connectivity index (χ0n) is 16.2. The second-order valence-corrected chi connectivity index (χ2v) is 8.58. The standard InChI is InChI=1S/C21H22ClN3O3S/c1-25(2)17-8-7-15(22)12-16(17)19(26)23-10-9-13-3-5-14(6-4-13)11-18-20(27)24-21(28)29-18/h3-8,12,18H,9-11H2,1-2H3,(H,23,26)(H,24,27,28)/t18-/m0/s1. The normalized spacial score (nSPS) is 15.9. The van der Waals surface area contributed by atoms with E-state index in [1.165, 1.54) is 0 Å². The van der Waals surface area contributed by atoms with E-state index in [1.54, 1.807) is 12.1 Å². The summed E-state index contributed by atoms with van der Waals surface area (Å²) in [6, 6.07) is 13.1. The predicted octanol–water partition coefficient (Wildman–Crippen LogP) is 3.27. The molecule has 0 bridgehead atoms. The van der Waals surface area contributed by atoms with Gasteiger partial charge < -0.3 is 10.2 Å². The number of amides is 3. The summed E-state index contributed by atoms with van der Waals surface area (Å²) < 4.78 is 0. The minimum atomic E-state index is -0.365. The van der Waals surface area contributed by atoms with Gasteiger partial charge in [-0.05, 0) is 42.2 Å². The molecule has 0 radical (unpaired) electrons. The van der Waals surface area contributed by atoms with Gasteiger partial charge in [-0.15, -0.1) is 0 Å². The molecule has 6 nitrogen and oxygen atoms in total. The van der Waals surface area contributed by atoms with Crippen molar-refractivity contribution in [3.05, 3.63) is 64.2 Å². The Morgan fingerprint density at radius 2 is 1.83 bits per heavy atom. The van der Waals surface area contributed by atoms with E-state index in [1.807, 2.05) is 49.3 Å². The number of halogens is 1. The molecule has 0 spiro atoms. The van der Waals surface area contributed by atoms with Gasteiger partial charge in [-0.3, -0.25) is 19.7 Å². The predicted molar refractivity (Wildman–Crippen MR) is 117 cm³/mol. The summed E-state index contributed by atoms with van der Waals surface area (Å²) >= 11 is 7.08. The first-order chi connectivity index (χ1) is 13.8. The number of nitrogens with zero attached hydrogens (tertiary/aromatic N) is 1. The van der Waals surface area contributed by atoms with Crippen molar-refractivity contribution < 1.29 is 14.4 Å². The first-order valence-corrected chi connectivity index (χ1v) is 10.4. The van der Waals surface area contributed by atoms with Crippen molar-refractivity contribution in [1.82, 2.24) is 10.6 Å². The Bertz CT molecular complexity index is 931. The topological polar surface area (TPSA) is 78.5 Å². The molecule has 1 saturated heterocycles. The van der Waals surface area contributed by atoms with E-state index in [4.69, 9.17) is 11.6 Å². The van der Waals surface area contributed by atoms with Crippen molar-refractivity contribution in [2.24, 2.45) is 0 Å². The zero-order chi connectivity index (χ0) is 21.0. The van der Waals surface area contributed by atoms with Crippen molar-refractivity contribution in [1.29, 1.82) is 0 Å². The first kappa shape index (κ1) is 21.2. The van der Waals surface area contributed by atoms with Gasteiger partial charge in [0.1, 0.15) is 0 Å². The molecule has 0 unspecified atom stereocenters. The molecule has 2 aromatic carbocycles. The molecule has 1 fully saturated rings. The maximum absolute atomic E-state index is 12.6. The molecule has 0 aliphatic carbocycles. The molecule has 29 heavy (non-hydrogen) atoms. The van der Waals surface area contributed by atoms with Gasteiger partial charge in [0.15, 0.2) is 0 Å². The van der Waals surface area contributed by atoms with Crippen molar-refractivity contribution in [3.63, 3.8) is 0 Å². The molecule has 0 saturated carbocycles. The van der Waals surface area contributed by atoms with Gasteiger partial charge in [0.2, 0.25) is 5.91 Å². The summed E-state index contributed by atoms with van der Waals surface area (Å²) in [5.41, 5.74) is 3.42. The third-order valence-electron chi connectivity index (χ3n) is 4.60. The fraction of sp³-hybridized carbons (Fsp3) is 0.286. The van der Waals surface area contributed by atoms with Gasteiger partial charge in [0.25, 0.3) is 11.1 Å². The summed E-state index contributed by atoms with van der Waals surface area (Å²) in [5, 5.41) is 5.10. The van der Waals surface area contributed by atoms with Crippen LogP contribution in [0.4, 0.5) is 10.5 Å². The fourth-order valence-electron chi connectivity index (χ4n) is 3.08. The number of benzene rings is 2. The lowest BCUT2D eigenvalue weighted by molar-refractivity contribution is -0.118. The van der Waals surface area contributed by atoms with Crippen molar-refractivity contribution >= 4 is 46.1 Å². The van der Waals surface area contributed by atoms with Crippen molar-refractivity contribution in [2.75, 3.05) is 25.5 Å². The van der Waals surface area contributed by atoms with Crippen LogP contribution < -0.4 is 15.5 Å². The Balaban J connectivity index is 1.53. The molecule has 3 amide bonds. The van der Waals surface area contributed by atoms with Crippen LogP contribution in [-0.2, 0) is 17.6 Å². The van der Waals surface area contributed by atoms with Crippen LogP contribution in [0, 0.1) is 0 Å². The highest BCUT2D eigenvalue weighted by atomic mass is 35.5. The molecule has 3 rings (SSSR count). The maximum Gasteiger partial charge on any atom is 0.286 e. The molecule has 0 aromatic heterocycles. The number of thioether (sulfide) groups is 1. The van der Waals surface area contributed by atoms with E-state index in [2.05, 4.69) is 10.6 Å². The average Bonchev–Trinajstić information content (AvgIpc) is 2.99. The molecule has 2 N–H and O–H groups in total. The van der Waals surface area contributed by atoms with Crippen LogP contribution in [0.5, 0.6) is 0 Å². The Hall–Kier alpha value is -2.51. The largest absolute Gasteiger partial charge is 0.377 e. The number of nitrogens with one attached hydrogen (secondary N) is 2. The lowest BCUT2D eigenvalue weighted by Crippen LogP contribution is -2.27. The molecular weight excluding hydrogens is 410 g/mol. The molecule has 152 valence electrons. The van der Waals surface area contributed by atoms with Gasteiger partial charge in [-0.1, -0.05) is 47.6 Å². The molecule has 1 aliphatic rings. The van der Waals surface area contributed by atoms with Gasteiger partial charge in [-0.2, -0.15) is 0 Å². The maximum atomic E-state index is 12.6. The average molecular weight is 432 g/mol. The van der Waals surface area contributed by atoms with E-state index >= 15 is 0 Å². The van der Waals surface area contributed by atoms with Crippen LogP contribution in [0.15, 0.2) is 42.5 Å². The summed E-state index contributed by atoms with van der Waals surface area (Å²) in [4.78, 5) is 37.3. The number of hydrogen-bond acceptors (Lipinski definition) is 5. The number of carbonyl (C=O) groups is 3. The van der Waals surface area contributed by atoms with E-state index in [0.29, 0.717) is 30.0 Å². The van der Waals surface area contributed by atoms with E-state index in [0.717, 1.165) is 28.6 Å². The van der Waals surface area contributed by atoms with Crippen LogP contribution in [0.3, 0.4) is 0 Å². The van der Waals surface area contributed by atoms with E-state index in [-0.39, 0.29) is 22.3 Å². The summed E-state index contributed by atoms with van der Waals surface area (Å²) in [6.45, 7) is 0.493. The smallest absolute Gasteiger partial charge is 0.286 e. The molecule has 1 atom stereocenters. The van der Waals surface area contributed by atoms with Gasteiger partial charge >= 0.3 is 0 Å². The van der Waals surface area contributed by atoms with Crippen molar-refractivity contribution in [2.45, 2.75) is 18.1 Å². The number of rotatable bonds is 7. The van der Waals surface area contributed by atoms with Crippen LogP contribution in [0.1, 0.15) is 21.5 Å². The zero-order valence-corrected chi connectivity index (χ0v) is 17.8. The number of imide groups is 1. The minimum absolute atomic E-state index is 0.165. The van der Waals surface area contributed by atoms with Crippen LogP contribution in [0.2, 0.25) is 5.02 Å². The second kappa shape index (κ2) is 9.33. The van der Waals surface area contributed by atoms with Gasteiger partial charge in [0.05, 0.1) is 10.8 Å². The summed E-state index contributed by atoms with van der Waals surface area (Å²) in [7, 11) is 3.76. The van der Waals surface area contributed by atoms with Gasteiger partial charge in [-0.25, -0.2) is 0 Å². The fourth-order valence-corrected chi connectivity index (χ4v) is 4.11. The quantitative estimate of drug-likeness (QED) is 0.703. The highest BCUT2D eigenvalue weighted by Gasteiger charge is 2.31. The number of anilines is 1. The molecule has 8 heteroatoms. The van der Waals surface area contributed by atoms with E-state index < -0.39 is 0 Å². The van der Waals surface area contributed by atoms with Crippen LogP contribution >= 0.6 is 23.4 Å². The molecular formula is C21H22ClN3O3S. The Morgan fingerprint density at radius 1 is 1.14 bits per heavy atom. The summed E-state index contributed by atoms with van der Waals surface area (Å²) in [6.07, 6.45) is 1.20. The monoisotopic (exact) mass is 431 g/mol. The van der Waals surface area contributed by atoms with E-state index in [9.17, 15) is 14.4 Å². The highest BCUT2D eigenvalue weighted by Crippen LogP contribution is 2.24. The summed E-state index contributed by atoms with van der Waals surface area (Å²) in [5.74, 6) is -0.397. The van der Waals surface area contributed by atoms with Crippen molar-refractivity contribution in [3.8, 4) is 0 Å². The van der Waals surface area contributed by atoms with Crippen LogP contribution in [0.25, 0.3) is 0 Å². The van der Waals surface area contributed by atoms with Gasteiger partial charge in [0, 0.05) is 31.4 Å². The van der Waals surface area contributed by atoms with Crippen LogP contribution in [-0.4, -0.2) is 42.9 Å².